The quantitative estimate of drug-likeness (QED) is 0.773. The van der Waals surface area contributed by atoms with E-state index in [0.717, 1.165) is 12.8 Å². The summed E-state index contributed by atoms with van der Waals surface area (Å²) in [7, 11) is 0. The zero-order valence-corrected chi connectivity index (χ0v) is 10.2. The number of hydrogen-bond donors (Lipinski definition) is 2. The van der Waals surface area contributed by atoms with Crippen molar-refractivity contribution in [2.75, 3.05) is 0 Å². The lowest BCUT2D eigenvalue weighted by Gasteiger charge is -2.28. The largest absolute Gasteiger partial charge is 0.480 e. The molecular formula is C11H19NO4. The number of aliphatic carboxylic acids is 1. The molecular weight excluding hydrogens is 210 g/mol. The lowest BCUT2D eigenvalue weighted by molar-refractivity contribution is -0.145. The molecule has 0 saturated heterocycles. The van der Waals surface area contributed by atoms with Gasteiger partial charge < -0.3 is 15.2 Å². The first-order chi connectivity index (χ1) is 7.15. The topological polar surface area (TPSA) is 75.6 Å². The number of carbonyl (C=O) groups excluding carboxylic acids is 1. The molecule has 16 heavy (non-hydrogen) atoms. The Morgan fingerprint density at radius 3 is 2.06 bits per heavy atom. The van der Waals surface area contributed by atoms with Crippen LogP contribution in [0.2, 0.25) is 0 Å². The van der Waals surface area contributed by atoms with Gasteiger partial charge in [0.15, 0.2) is 0 Å². The van der Waals surface area contributed by atoms with E-state index in [0.29, 0.717) is 0 Å². The first-order valence-electron chi connectivity index (χ1n) is 5.40. The van der Waals surface area contributed by atoms with E-state index in [1.807, 2.05) is 0 Å². The van der Waals surface area contributed by atoms with Crippen molar-refractivity contribution in [3.05, 3.63) is 0 Å². The molecule has 92 valence electrons. The average Bonchev–Trinajstić information content (AvgIpc) is 2.80. The van der Waals surface area contributed by atoms with Crippen LogP contribution in [-0.2, 0) is 9.53 Å². The normalized spacial score (nSPS) is 19.8. The summed E-state index contributed by atoms with van der Waals surface area (Å²) >= 11 is 0. The summed E-state index contributed by atoms with van der Waals surface area (Å²) in [6.07, 6.45) is 0.987. The van der Waals surface area contributed by atoms with Gasteiger partial charge in [0.25, 0.3) is 0 Å². The summed E-state index contributed by atoms with van der Waals surface area (Å²) in [5, 5.41) is 11.6. The number of hydrogen-bond acceptors (Lipinski definition) is 3. The fourth-order valence-corrected chi connectivity index (χ4v) is 1.51. The highest BCUT2D eigenvalue weighted by molar-refractivity contribution is 5.84. The van der Waals surface area contributed by atoms with Gasteiger partial charge in [-0.25, -0.2) is 9.59 Å². The van der Waals surface area contributed by atoms with Crippen LogP contribution >= 0.6 is 0 Å². The van der Waals surface area contributed by atoms with Crippen LogP contribution in [0.25, 0.3) is 0 Å². The maximum absolute atomic E-state index is 11.5. The number of amides is 1. The van der Waals surface area contributed by atoms with Crippen LogP contribution in [0.3, 0.4) is 0 Å². The van der Waals surface area contributed by atoms with Crippen LogP contribution in [0.4, 0.5) is 4.79 Å². The zero-order chi connectivity index (χ0) is 12.6. The highest BCUT2D eigenvalue weighted by atomic mass is 16.6. The number of alkyl carbamates (subject to hydrolysis) is 1. The van der Waals surface area contributed by atoms with Crippen molar-refractivity contribution in [2.45, 2.75) is 51.7 Å². The zero-order valence-electron chi connectivity index (χ0n) is 10.2. The molecule has 0 aliphatic heterocycles. The molecule has 1 aliphatic rings. The van der Waals surface area contributed by atoms with E-state index >= 15 is 0 Å². The summed E-state index contributed by atoms with van der Waals surface area (Å²) in [5.74, 6) is -1.00. The fourth-order valence-electron chi connectivity index (χ4n) is 1.51. The van der Waals surface area contributed by atoms with E-state index in [1.165, 1.54) is 6.92 Å². The number of carboxylic acids is 1. The first kappa shape index (κ1) is 12.8. The third-order valence-corrected chi connectivity index (χ3v) is 2.60. The summed E-state index contributed by atoms with van der Waals surface area (Å²) < 4.78 is 5.05. The number of ether oxygens (including phenoxy) is 1. The van der Waals surface area contributed by atoms with E-state index in [1.54, 1.807) is 20.8 Å². The molecule has 0 heterocycles. The molecule has 1 saturated carbocycles. The molecule has 1 atom stereocenters. The molecule has 1 amide bonds. The average molecular weight is 229 g/mol. The Balaban J connectivity index is 2.63. The highest BCUT2D eigenvalue weighted by Gasteiger charge is 2.49. The van der Waals surface area contributed by atoms with Gasteiger partial charge in [-0.3, -0.25) is 0 Å². The van der Waals surface area contributed by atoms with E-state index in [9.17, 15) is 9.59 Å². The molecule has 0 radical (unpaired) electrons. The monoisotopic (exact) mass is 229 g/mol. The minimum atomic E-state index is -1.21. The third-order valence-electron chi connectivity index (χ3n) is 2.60. The molecule has 0 aromatic rings. The van der Waals surface area contributed by atoms with Crippen LogP contribution < -0.4 is 5.32 Å². The predicted octanol–water partition coefficient (Wildman–Crippen LogP) is 1.76. The maximum atomic E-state index is 11.5. The number of carboxylic acid groups (broad SMARTS) is 1. The van der Waals surface area contributed by atoms with Crippen LogP contribution in [0.1, 0.15) is 40.5 Å². The van der Waals surface area contributed by atoms with Crippen molar-refractivity contribution >= 4 is 12.1 Å². The van der Waals surface area contributed by atoms with Crippen molar-refractivity contribution in [3.63, 3.8) is 0 Å². The second-order valence-corrected chi connectivity index (χ2v) is 5.41. The molecule has 5 heteroatoms. The van der Waals surface area contributed by atoms with Gasteiger partial charge >= 0.3 is 12.1 Å². The van der Waals surface area contributed by atoms with E-state index in [-0.39, 0.29) is 5.92 Å². The summed E-state index contributed by atoms with van der Waals surface area (Å²) in [6, 6.07) is 0. The van der Waals surface area contributed by atoms with Gasteiger partial charge in [0.1, 0.15) is 11.1 Å². The molecule has 1 unspecified atom stereocenters. The molecule has 0 aromatic carbocycles. The lowest BCUT2D eigenvalue weighted by Crippen LogP contribution is -2.55. The Morgan fingerprint density at radius 1 is 1.25 bits per heavy atom. The Bertz CT molecular complexity index is 304. The van der Waals surface area contributed by atoms with Gasteiger partial charge in [-0.05, 0) is 46.5 Å². The van der Waals surface area contributed by atoms with Gasteiger partial charge in [0.2, 0.25) is 0 Å². The molecule has 1 fully saturated rings. The van der Waals surface area contributed by atoms with E-state index < -0.39 is 23.2 Å². The van der Waals surface area contributed by atoms with E-state index in [4.69, 9.17) is 9.84 Å². The Morgan fingerprint density at radius 2 is 1.75 bits per heavy atom. The summed E-state index contributed by atoms with van der Waals surface area (Å²) in [4.78, 5) is 22.6. The Kier molecular flexibility index (Phi) is 3.17. The molecule has 0 bridgehead atoms. The van der Waals surface area contributed by atoms with Gasteiger partial charge in [-0.2, -0.15) is 0 Å². The summed E-state index contributed by atoms with van der Waals surface area (Å²) in [5.41, 5.74) is -1.82. The van der Waals surface area contributed by atoms with Crippen LogP contribution in [-0.4, -0.2) is 28.3 Å². The van der Waals surface area contributed by atoms with E-state index in [2.05, 4.69) is 5.32 Å². The Labute approximate surface area is 95.2 Å². The molecule has 5 nitrogen and oxygen atoms in total. The van der Waals surface area contributed by atoms with Gasteiger partial charge in [0.05, 0.1) is 0 Å². The molecule has 0 spiro atoms. The summed E-state index contributed by atoms with van der Waals surface area (Å²) in [6.45, 7) is 6.74. The number of rotatable bonds is 3. The van der Waals surface area contributed by atoms with Crippen LogP contribution in [0.5, 0.6) is 0 Å². The minimum Gasteiger partial charge on any atom is -0.480 e. The predicted molar refractivity (Wildman–Crippen MR) is 58.1 cm³/mol. The van der Waals surface area contributed by atoms with Gasteiger partial charge in [-0.15, -0.1) is 0 Å². The van der Waals surface area contributed by atoms with Crippen LogP contribution in [0.15, 0.2) is 0 Å². The van der Waals surface area contributed by atoms with Gasteiger partial charge in [0, 0.05) is 0 Å². The maximum Gasteiger partial charge on any atom is 0.408 e. The molecule has 2 N–H and O–H groups in total. The second kappa shape index (κ2) is 3.96. The Hall–Kier alpha value is -1.26. The SMILES string of the molecule is CC(C)(C)OC(=O)NC(C)(C(=O)O)C1CC1. The smallest absolute Gasteiger partial charge is 0.408 e. The second-order valence-electron chi connectivity index (χ2n) is 5.41. The standard InChI is InChI=1S/C11H19NO4/c1-10(2,3)16-9(15)12-11(4,8(13)14)7-5-6-7/h7H,5-6H2,1-4H3,(H,12,15)(H,13,14). The van der Waals surface area contributed by atoms with Crippen LogP contribution in [0, 0.1) is 5.92 Å². The third kappa shape index (κ3) is 3.12. The van der Waals surface area contributed by atoms with Gasteiger partial charge in [-0.1, -0.05) is 0 Å². The van der Waals surface area contributed by atoms with Crippen molar-refractivity contribution < 1.29 is 19.4 Å². The lowest BCUT2D eigenvalue weighted by atomic mass is 9.96. The highest BCUT2D eigenvalue weighted by Crippen LogP contribution is 2.39. The van der Waals surface area contributed by atoms with Crippen molar-refractivity contribution in [1.82, 2.24) is 5.32 Å². The molecule has 1 aliphatic carbocycles. The minimum absolute atomic E-state index is 0.0116. The first-order valence-corrected chi connectivity index (χ1v) is 5.40. The molecule has 0 aromatic heterocycles. The van der Waals surface area contributed by atoms with Crippen molar-refractivity contribution in [2.24, 2.45) is 5.92 Å². The molecule has 1 rings (SSSR count). The number of nitrogens with one attached hydrogen (secondary N) is 1. The fraction of sp³-hybridized carbons (Fsp3) is 0.818. The van der Waals surface area contributed by atoms with Crippen molar-refractivity contribution in [1.29, 1.82) is 0 Å². The van der Waals surface area contributed by atoms with Crippen molar-refractivity contribution in [3.8, 4) is 0 Å². The number of carbonyl (C=O) groups is 2.